The standard InChI is InChI=1S/C5H7NO6/c1-11-4(7)3(6(9)10)5(8)12-2/h7H,1-2H3/p-1. The molecule has 12 heavy (non-hydrogen) atoms. The van der Waals surface area contributed by atoms with Crippen LogP contribution in [0.25, 0.3) is 0 Å². The van der Waals surface area contributed by atoms with E-state index >= 15 is 0 Å². The number of carbonyl (C=O) groups excluding carboxylic acids is 1. The van der Waals surface area contributed by atoms with Gasteiger partial charge in [-0.15, -0.1) is 0 Å². The zero-order chi connectivity index (χ0) is 9.72. The summed E-state index contributed by atoms with van der Waals surface area (Å²) in [6.07, 6.45) is 0. The first-order valence-corrected chi connectivity index (χ1v) is 2.72. The average Bonchev–Trinajstić information content (AvgIpc) is 2.03. The number of ether oxygens (including phenoxy) is 2. The van der Waals surface area contributed by atoms with Crippen LogP contribution in [-0.2, 0) is 14.3 Å². The molecule has 0 aliphatic heterocycles. The molecular formula is C5H6NO6-. The molecule has 0 aromatic rings. The van der Waals surface area contributed by atoms with Gasteiger partial charge < -0.3 is 14.6 Å². The van der Waals surface area contributed by atoms with Gasteiger partial charge in [0.05, 0.1) is 12.0 Å². The molecule has 0 aromatic carbocycles. The van der Waals surface area contributed by atoms with Crippen molar-refractivity contribution in [2.24, 2.45) is 0 Å². The normalized spacial score (nSPS) is 11.5. The minimum atomic E-state index is -1.33. The molecule has 0 bridgehead atoms. The van der Waals surface area contributed by atoms with Crippen molar-refractivity contribution in [2.75, 3.05) is 14.2 Å². The first-order valence-electron chi connectivity index (χ1n) is 2.72. The quantitative estimate of drug-likeness (QED) is 0.172. The molecule has 0 rings (SSSR count). The molecule has 0 fully saturated rings. The molecular weight excluding hydrogens is 170 g/mol. The van der Waals surface area contributed by atoms with Gasteiger partial charge in [-0.1, -0.05) is 0 Å². The van der Waals surface area contributed by atoms with E-state index in [-0.39, 0.29) is 0 Å². The van der Waals surface area contributed by atoms with Crippen LogP contribution in [0.4, 0.5) is 0 Å². The van der Waals surface area contributed by atoms with Gasteiger partial charge in [0.25, 0.3) is 0 Å². The maximum absolute atomic E-state index is 10.6. The lowest BCUT2D eigenvalue weighted by atomic mass is 10.5. The van der Waals surface area contributed by atoms with Gasteiger partial charge in [-0.2, -0.15) is 0 Å². The Morgan fingerprint density at radius 3 is 2.08 bits per heavy atom. The average molecular weight is 176 g/mol. The molecule has 7 heteroatoms. The van der Waals surface area contributed by atoms with Crippen molar-refractivity contribution < 1.29 is 24.3 Å². The third-order valence-corrected chi connectivity index (χ3v) is 0.940. The summed E-state index contributed by atoms with van der Waals surface area (Å²) < 4.78 is 7.96. The Bertz CT molecular complexity index is 232. The second-order valence-electron chi connectivity index (χ2n) is 1.59. The summed E-state index contributed by atoms with van der Waals surface area (Å²) in [6, 6.07) is 0. The summed E-state index contributed by atoms with van der Waals surface area (Å²) in [4.78, 5) is 19.5. The number of nitro groups is 1. The highest BCUT2D eigenvalue weighted by Crippen LogP contribution is 2.02. The van der Waals surface area contributed by atoms with E-state index in [1.165, 1.54) is 0 Å². The van der Waals surface area contributed by atoms with E-state index in [2.05, 4.69) is 9.47 Å². The molecule has 0 amide bonds. The molecule has 0 aromatic heterocycles. The highest BCUT2D eigenvalue weighted by molar-refractivity contribution is 5.85. The van der Waals surface area contributed by atoms with Crippen molar-refractivity contribution in [1.29, 1.82) is 0 Å². The summed E-state index contributed by atoms with van der Waals surface area (Å²) in [7, 11) is 1.85. The zero-order valence-corrected chi connectivity index (χ0v) is 6.40. The van der Waals surface area contributed by atoms with E-state index in [4.69, 9.17) is 0 Å². The van der Waals surface area contributed by atoms with Crippen molar-refractivity contribution in [3.8, 4) is 0 Å². The van der Waals surface area contributed by atoms with Gasteiger partial charge in [0.1, 0.15) is 5.95 Å². The third kappa shape index (κ3) is 2.11. The van der Waals surface area contributed by atoms with Crippen LogP contribution < -0.4 is 5.11 Å². The molecule has 7 nitrogen and oxygen atoms in total. The molecule has 0 radical (unpaired) electrons. The van der Waals surface area contributed by atoms with Gasteiger partial charge in [0.15, 0.2) is 0 Å². The van der Waals surface area contributed by atoms with Crippen molar-refractivity contribution >= 4 is 5.97 Å². The van der Waals surface area contributed by atoms with E-state index in [1.54, 1.807) is 0 Å². The Hall–Kier alpha value is -1.79. The van der Waals surface area contributed by atoms with Gasteiger partial charge in [0.2, 0.25) is 0 Å². The van der Waals surface area contributed by atoms with Gasteiger partial charge in [-0.05, 0) is 7.11 Å². The number of methoxy groups -OCH3 is 2. The van der Waals surface area contributed by atoms with E-state index in [9.17, 15) is 20.0 Å². The fraction of sp³-hybridized carbons (Fsp3) is 0.400. The zero-order valence-electron chi connectivity index (χ0n) is 6.40. The van der Waals surface area contributed by atoms with E-state index in [0.29, 0.717) is 0 Å². The predicted octanol–water partition coefficient (Wildman–Crippen LogP) is -1.39. The van der Waals surface area contributed by atoms with Crippen LogP contribution >= 0.6 is 0 Å². The van der Waals surface area contributed by atoms with Crippen LogP contribution in [0.2, 0.25) is 0 Å². The molecule has 0 aliphatic carbocycles. The summed E-state index contributed by atoms with van der Waals surface area (Å²) in [6.45, 7) is 0. The Kier molecular flexibility index (Phi) is 3.54. The Balaban J connectivity index is 4.91. The lowest BCUT2D eigenvalue weighted by Gasteiger charge is -2.07. The maximum atomic E-state index is 10.6. The lowest BCUT2D eigenvalue weighted by molar-refractivity contribution is -0.450. The summed E-state index contributed by atoms with van der Waals surface area (Å²) >= 11 is 0. The summed E-state index contributed by atoms with van der Waals surface area (Å²) in [5, 5.41) is 20.6. The topological polar surface area (TPSA) is 102 Å². The van der Waals surface area contributed by atoms with Crippen LogP contribution in [0.1, 0.15) is 0 Å². The van der Waals surface area contributed by atoms with E-state index < -0.39 is 22.5 Å². The molecule has 0 aliphatic rings. The molecule has 0 unspecified atom stereocenters. The molecule has 68 valence electrons. The van der Waals surface area contributed by atoms with Crippen LogP contribution in [0.15, 0.2) is 11.6 Å². The Morgan fingerprint density at radius 1 is 1.33 bits per heavy atom. The lowest BCUT2D eigenvalue weighted by Crippen LogP contribution is -2.22. The molecule has 0 spiro atoms. The summed E-state index contributed by atoms with van der Waals surface area (Å²) in [5.74, 6) is -2.65. The number of hydrogen-bond acceptors (Lipinski definition) is 6. The van der Waals surface area contributed by atoms with Gasteiger partial charge in [-0.25, -0.2) is 4.79 Å². The third-order valence-electron chi connectivity index (χ3n) is 0.940. The minimum Gasteiger partial charge on any atom is -0.612 e. The van der Waals surface area contributed by atoms with Gasteiger partial charge in [0, 0.05) is 0 Å². The van der Waals surface area contributed by atoms with Crippen molar-refractivity contribution in [2.45, 2.75) is 0 Å². The molecule has 0 N–H and O–H groups in total. The Morgan fingerprint density at radius 2 is 1.83 bits per heavy atom. The number of carbonyl (C=O) groups is 1. The number of hydrogen-bond donors (Lipinski definition) is 0. The number of nitrogens with zero attached hydrogens (tertiary/aromatic N) is 1. The second-order valence-corrected chi connectivity index (χ2v) is 1.59. The fourth-order valence-corrected chi connectivity index (χ4v) is 0.426. The highest BCUT2D eigenvalue weighted by Gasteiger charge is 2.24. The monoisotopic (exact) mass is 176 g/mol. The molecule has 0 saturated carbocycles. The number of esters is 1. The van der Waals surface area contributed by atoms with E-state index in [0.717, 1.165) is 14.2 Å². The smallest absolute Gasteiger partial charge is 0.411 e. The molecule has 0 atom stereocenters. The molecule has 0 heterocycles. The first kappa shape index (κ1) is 10.2. The van der Waals surface area contributed by atoms with Crippen molar-refractivity contribution in [1.82, 2.24) is 0 Å². The number of rotatable bonds is 3. The van der Waals surface area contributed by atoms with Crippen LogP contribution in [0, 0.1) is 10.1 Å². The summed E-state index contributed by atoms with van der Waals surface area (Å²) in [5.41, 5.74) is -1.24. The Labute approximate surface area is 67.3 Å². The minimum absolute atomic E-state index is 0.925. The van der Waals surface area contributed by atoms with E-state index in [1.807, 2.05) is 0 Å². The van der Waals surface area contributed by atoms with Crippen LogP contribution in [0.3, 0.4) is 0 Å². The maximum Gasteiger partial charge on any atom is 0.411 e. The van der Waals surface area contributed by atoms with Crippen molar-refractivity contribution in [3.63, 3.8) is 0 Å². The first-order chi connectivity index (χ1) is 5.54. The largest absolute Gasteiger partial charge is 0.612 e. The second kappa shape index (κ2) is 4.16. The highest BCUT2D eigenvalue weighted by atomic mass is 16.6. The van der Waals surface area contributed by atoms with Gasteiger partial charge >= 0.3 is 11.7 Å². The molecule has 0 saturated heterocycles. The predicted molar refractivity (Wildman–Crippen MR) is 33.0 cm³/mol. The van der Waals surface area contributed by atoms with Crippen LogP contribution in [-0.4, -0.2) is 25.1 Å². The van der Waals surface area contributed by atoms with Crippen molar-refractivity contribution in [3.05, 3.63) is 21.8 Å². The van der Waals surface area contributed by atoms with Gasteiger partial charge in [-0.3, -0.25) is 10.1 Å². The van der Waals surface area contributed by atoms with Crippen LogP contribution in [0.5, 0.6) is 0 Å². The fourth-order valence-electron chi connectivity index (χ4n) is 0.426. The SMILES string of the molecule is COC(=O)C(=C([O-])OC)[N+](=O)[O-].